The van der Waals surface area contributed by atoms with E-state index < -0.39 is 0 Å². The van der Waals surface area contributed by atoms with Crippen LogP contribution in [0.4, 0.5) is 0 Å². The first-order valence-electron chi connectivity index (χ1n) is 6.38. The second kappa shape index (κ2) is 6.49. The highest BCUT2D eigenvalue weighted by Crippen LogP contribution is 2.27. The van der Waals surface area contributed by atoms with Gasteiger partial charge in [0.25, 0.3) is 0 Å². The summed E-state index contributed by atoms with van der Waals surface area (Å²) in [6.45, 7) is 1.98. The Balaban J connectivity index is 0.00000147. The van der Waals surface area contributed by atoms with E-state index in [2.05, 4.69) is 48.5 Å². The van der Waals surface area contributed by atoms with Gasteiger partial charge < -0.3 is 17.0 Å². The fourth-order valence-electron chi connectivity index (χ4n) is 2.18. The molecule has 0 spiro atoms. The molecule has 1 nitrogen and oxygen atoms in total. The molecule has 0 saturated carbocycles. The molecule has 2 heteroatoms. The quantitative estimate of drug-likeness (QED) is 0.657. The van der Waals surface area contributed by atoms with Crippen molar-refractivity contribution in [1.29, 1.82) is 0 Å². The molecule has 20 heavy (non-hydrogen) atoms. The molecule has 0 N–H and O–H groups in total. The van der Waals surface area contributed by atoms with Crippen molar-refractivity contribution in [3.05, 3.63) is 78.6 Å². The van der Waals surface area contributed by atoms with Crippen molar-refractivity contribution in [3.63, 3.8) is 0 Å². The van der Waals surface area contributed by atoms with Gasteiger partial charge in [-0.1, -0.05) is 48.5 Å². The predicted molar refractivity (Wildman–Crippen MR) is 78.7 cm³/mol. The van der Waals surface area contributed by atoms with Gasteiger partial charge in [-0.3, -0.25) is 0 Å². The lowest BCUT2D eigenvalue weighted by molar-refractivity contribution is -0.00000441. The zero-order valence-electron chi connectivity index (χ0n) is 11.2. The van der Waals surface area contributed by atoms with Crippen LogP contribution >= 0.6 is 0 Å². The molecule has 0 aliphatic carbocycles. The number of hydrogen-bond acceptors (Lipinski definition) is 0. The molecule has 3 rings (SSSR count). The molecular formula is C18H15BrO. The third kappa shape index (κ3) is 3.14. The molecule has 1 aromatic heterocycles. The summed E-state index contributed by atoms with van der Waals surface area (Å²) < 4.78 is 5.83. The minimum atomic E-state index is 0. The predicted octanol–water partition coefficient (Wildman–Crippen LogP) is 2.21. The van der Waals surface area contributed by atoms with Crippen LogP contribution in [0.25, 0.3) is 22.5 Å². The summed E-state index contributed by atoms with van der Waals surface area (Å²) in [5.74, 6) is 1.82. The Bertz CT molecular complexity index is 621. The van der Waals surface area contributed by atoms with Gasteiger partial charge in [-0.15, -0.1) is 0 Å². The van der Waals surface area contributed by atoms with Gasteiger partial charge in [0.15, 0.2) is 0 Å². The normalized spacial score (nSPS) is 9.85. The molecule has 0 unspecified atom stereocenters. The standard InChI is InChI=1S/C18H15O.BrH/c1-14-12-17(15-8-4-2-5-9-15)13-18(19-14)16-10-6-3-7-11-16;/h2-13H,1H3;1H/q+1;/p-1. The first kappa shape index (κ1) is 14.5. The number of rotatable bonds is 2. The lowest BCUT2D eigenvalue weighted by atomic mass is 10.0. The smallest absolute Gasteiger partial charge is 0.360 e. The second-order valence-corrected chi connectivity index (χ2v) is 4.55. The molecule has 0 radical (unpaired) electrons. The molecule has 0 amide bonds. The average Bonchev–Trinajstić information content (AvgIpc) is 2.48. The number of benzene rings is 2. The van der Waals surface area contributed by atoms with E-state index in [9.17, 15) is 0 Å². The van der Waals surface area contributed by atoms with Gasteiger partial charge in [0.05, 0.1) is 18.6 Å². The Morgan fingerprint density at radius 3 is 1.80 bits per heavy atom. The van der Waals surface area contributed by atoms with Crippen LogP contribution in [0.1, 0.15) is 5.76 Å². The van der Waals surface area contributed by atoms with E-state index in [1.807, 2.05) is 31.2 Å². The molecule has 0 bridgehead atoms. The number of halogens is 1. The van der Waals surface area contributed by atoms with E-state index in [0.29, 0.717) is 0 Å². The Morgan fingerprint density at radius 1 is 0.650 bits per heavy atom. The Morgan fingerprint density at radius 2 is 1.20 bits per heavy atom. The third-order valence-corrected chi connectivity index (χ3v) is 3.08. The minimum absolute atomic E-state index is 0. The van der Waals surface area contributed by atoms with Gasteiger partial charge in [-0.05, 0) is 17.7 Å². The van der Waals surface area contributed by atoms with Crippen molar-refractivity contribution < 1.29 is 21.4 Å². The Kier molecular flexibility index (Phi) is 4.70. The Hall–Kier alpha value is -1.93. The van der Waals surface area contributed by atoms with E-state index in [1.54, 1.807) is 0 Å². The number of hydrogen-bond donors (Lipinski definition) is 0. The van der Waals surface area contributed by atoms with Gasteiger partial charge >= 0.3 is 11.5 Å². The average molecular weight is 327 g/mol. The van der Waals surface area contributed by atoms with Crippen LogP contribution in [0, 0.1) is 6.92 Å². The van der Waals surface area contributed by atoms with Crippen LogP contribution in [0.3, 0.4) is 0 Å². The molecule has 100 valence electrons. The van der Waals surface area contributed by atoms with E-state index in [0.717, 1.165) is 17.1 Å². The maximum atomic E-state index is 5.83. The zero-order valence-corrected chi connectivity index (χ0v) is 12.8. The Labute approximate surface area is 129 Å². The summed E-state index contributed by atoms with van der Waals surface area (Å²) in [6, 6.07) is 24.7. The lowest BCUT2D eigenvalue weighted by Gasteiger charge is -2.00. The molecule has 0 fully saturated rings. The van der Waals surface area contributed by atoms with Crippen LogP contribution in [-0.2, 0) is 0 Å². The topological polar surface area (TPSA) is 11.3 Å². The molecule has 0 atom stereocenters. The lowest BCUT2D eigenvalue weighted by Crippen LogP contribution is -3.00. The van der Waals surface area contributed by atoms with E-state index >= 15 is 0 Å². The molecule has 0 saturated heterocycles. The van der Waals surface area contributed by atoms with Gasteiger partial charge in [0.1, 0.15) is 0 Å². The van der Waals surface area contributed by atoms with E-state index in [4.69, 9.17) is 4.42 Å². The molecule has 3 aromatic rings. The van der Waals surface area contributed by atoms with Crippen molar-refractivity contribution in [3.8, 4) is 22.5 Å². The van der Waals surface area contributed by atoms with Crippen LogP contribution in [-0.4, -0.2) is 0 Å². The SMILES string of the molecule is Cc1cc(-c2ccccc2)cc(-c2ccccc2)[o+]1.[Br-]. The van der Waals surface area contributed by atoms with E-state index in [-0.39, 0.29) is 17.0 Å². The molecule has 0 aliphatic rings. The van der Waals surface area contributed by atoms with Gasteiger partial charge in [-0.25, -0.2) is 4.42 Å². The summed E-state index contributed by atoms with van der Waals surface area (Å²) in [4.78, 5) is 0. The maximum Gasteiger partial charge on any atom is 0.360 e. The molecule has 2 aromatic carbocycles. The monoisotopic (exact) mass is 326 g/mol. The van der Waals surface area contributed by atoms with Crippen molar-refractivity contribution in [2.24, 2.45) is 0 Å². The van der Waals surface area contributed by atoms with Crippen LogP contribution in [0.5, 0.6) is 0 Å². The van der Waals surface area contributed by atoms with Gasteiger partial charge in [0, 0.05) is 11.6 Å². The van der Waals surface area contributed by atoms with E-state index in [1.165, 1.54) is 11.1 Å². The van der Waals surface area contributed by atoms with Crippen molar-refractivity contribution in [2.75, 3.05) is 0 Å². The molecule has 1 heterocycles. The van der Waals surface area contributed by atoms with Gasteiger partial charge in [-0.2, -0.15) is 0 Å². The highest BCUT2D eigenvalue weighted by molar-refractivity contribution is 5.69. The van der Waals surface area contributed by atoms with Crippen LogP contribution < -0.4 is 17.0 Å². The zero-order chi connectivity index (χ0) is 13.1. The summed E-state index contributed by atoms with van der Waals surface area (Å²) in [5.41, 5.74) is 3.49. The molecule has 0 aliphatic heterocycles. The summed E-state index contributed by atoms with van der Waals surface area (Å²) in [7, 11) is 0. The van der Waals surface area contributed by atoms with Crippen LogP contribution in [0.2, 0.25) is 0 Å². The second-order valence-electron chi connectivity index (χ2n) is 4.55. The maximum absolute atomic E-state index is 5.83. The third-order valence-electron chi connectivity index (χ3n) is 3.08. The van der Waals surface area contributed by atoms with Crippen molar-refractivity contribution in [1.82, 2.24) is 0 Å². The minimum Gasteiger partial charge on any atom is -1.00 e. The highest BCUT2D eigenvalue weighted by atomic mass is 79.9. The summed E-state index contributed by atoms with van der Waals surface area (Å²) >= 11 is 0. The fraction of sp³-hybridized carbons (Fsp3) is 0.0556. The first-order valence-corrected chi connectivity index (χ1v) is 6.38. The van der Waals surface area contributed by atoms with Gasteiger partial charge in [0.2, 0.25) is 0 Å². The summed E-state index contributed by atoms with van der Waals surface area (Å²) in [5, 5.41) is 0. The summed E-state index contributed by atoms with van der Waals surface area (Å²) in [6.07, 6.45) is 0. The van der Waals surface area contributed by atoms with Crippen molar-refractivity contribution >= 4 is 0 Å². The largest absolute Gasteiger partial charge is 1.00 e. The molecular weight excluding hydrogens is 312 g/mol. The van der Waals surface area contributed by atoms with Crippen molar-refractivity contribution in [2.45, 2.75) is 6.92 Å². The van der Waals surface area contributed by atoms with Crippen LogP contribution in [0.15, 0.2) is 77.2 Å². The fourth-order valence-corrected chi connectivity index (χ4v) is 2.18. The highest BCUT2D eigenvalue weighted by Gasteiger charge is 2.15. The first-order chi connectivity index (χ1) is 9.33. The number of aryl methyl sites for hydroxylation is 1.